The molecule has 0 spiro atoms. The maximum Gasteiger partial charge on any atom is 0.268 e. The van der Waals surface area contributed by atoms with Gasteiger partial charge in [-0.3, -0.25) is 4.79 Å². The molecule has 1 amide bonds. The van der Waals surface area contributed by atoms with E-state index in [1.54, 1.807) is 12.5 Å². The quantitative estimate of drug-likeness (QED) is 0.805. The number of carbonyl (C=O) groups excluding carboxylic acids is 1. The van der Waals surface area contributed by atoms with Crippen LogP contribution in [0.25, 0.3) is 5.69 Å². The van der Waals surface area contributed by atoms with Crippen LogP contribution in [0.5, 0.6) is 0 Å². The van der Waals surface area contributed by atoms with Gasteiger partial charge in [0.25, 0.3) is 5.91 Å². The fourth-order valence-corrected chi connectivity index (χ4v) is 2.54. The summed E-state index contributed by atoms with van der Waals surface area (Å²) in [6, 6.07) is 11.8. The van der Waals surface area contributed by atoms with Crippen molar-refractivity contribution in [2.24, 2.45) is 7.05 Å². The van der Waals surface area contributed by atoms with E-state index in [1.165, 1.54) is 0 Å². The Labute approximate surface area is 135 Å². The molecule has 0 fully saturated rings. The number of benzene rings is 1. The topological polar surface area (TPSA) is 51.9 Å². The van der Waals surface area contributed by atoms with Crippen LogP contribution in [0.3, 0.4) is 0 Å². The van der Waals surface area contributed by atoms with E-state index in [4.69, 9.17) is 0 Å². The number of aryl methyl sites for hydroxylation is 1. The Balaban J connectivity index is 1.72. The van der Waals surface area contributed by atoms with E-state index in [1.807, 2.05) is 72.6 Å². The molecule has 0 aliphatic carbocycles. The van der Waals surface area contributed by atoms with Gasteiger partial charge in [-0.25, -0.2) is 4.98 Å². The van der Waals surface area contributed by atoms with Gasteiger partial charge in [0.2, 0.25) is 0 Å². The first-order valence-corrected chi connectivity index (χ1v) is 7.58. The molecule has 5 nitrogen and oxygen atoms in total. The second-order valence-corrected chi connectivity index (χ2v) is 5.68. The lowest BCUT2D eigenvalue weighted by Crippen LogP contribution is -2.28. The third-order valence-corrected chi connectivity index (χ3v) is 4.15. The molecule has 3 rings (SSSR count). The van der Waals surface area contributed by atoms with Gasteiger partial charge in [0.1, 0.15) is 5.69 Å². The molecule has 1 atom stereocenters. The number of rotatable bonds is 4. The van der Waals surface area contributed by atoms with Gasteiger partial charge in [0.05, 0.1) is 12.4 Å². The van der Waals surface area contributed by atoms with Gasteiger partial charge < -0.3 is 14.5 Å². The molecule has 0 aliphatic heterocycles. The summed E-state index contributed by atoms with van der Waals surface area (Å²) in [6.45, 7) is 3.97. The first-order valence-electron chi connectivity index (χ1n) is 7.58. The average molecular weight is 308 g/mol. The number of nitrogens with zero attached hydrogens (tertiary/aromatic N) is 3. The molecule has 5 heteroatoms. The summed E-state index contributed by atoms with van der Waals surface area (Å²) in [5.41, 5.74) is 3.84. The van der Waals surface area contributed by atoms with Crippen molar-refractivity contribution in [3.8, 4) is 5.69 Å². The van der Waals surface area contributed by atoms with Gasteiger partial charge in [0, 0.05) is 30.8 Å². The van der Waals surface area contributed by atoms with E-state index in [9.17, 15) is 4.79 Å². The zero-order valence-corrected chi connectivity index (χ0v) is 13.5. The number of carbonyl (C=O) groups is 1. The Morgan fingerprint density at radius 3 is 2.48 bits per heavy atom. The fourth-order valence-electron chi connectivity index (χ4n) is 2.54. The highest BCUT2D eigenvalue weighted by Gasteiger charge is 2.14. The second-order valence-electron chi connectivity index (χ2n) is 5.68. The molecule has 0 saturated heterocycles. The second kappa shape index (κ2) is 6.12. The Morgan fingerprint density at radius 1 is 1.17 bits per heavy atom. The maximum atomic E-state index is 12.4. The van der Waals surface area contributed by atoms with Gasteiger partial charge in [-0.15, -0.1) is 0 Å². The summed E-state index contributed by atoms with van der Waals surface area (Å²) in [7, 11) is 1.90. The predicted octanol–water partition coefficient (Wildman–Crippen LogP) is 3.01. The molecule has 118 valence electrons. The molecule has 0 saturated carbocycles. The van der Waals surface area contributed by atoms with Gasteiger partial charge in [-0.1, -0.05) is 12.1 Å². The highest BCUT2D eigenvalue weighted by atomic mass is 16.2. The van der Waals surface area contributed by atoms with Gasteiger partial charge >= 0.3 is 0 Å². The van der Waals surface area contributed by atoms with Gasteiger partial charge in [0.15, 0.2) is 0 Å². The highest BCUT2D eigenvalue weighted by Crippen LogP contribution is 2.16. The summed E-state index contributed by atoms with van der Waals surface area (Å²) in [6.07, 6.45) is 5.41. The molecule has 0 aliphatic rings. The molecular weight excluding hydrogens is 288 g/mol. The van der Waals surface area contributed by atoms with Crippen LogP contribution in [0.1, 0.15) is 34.7 Å². The minimum atomic E-state index is -0.0632. The molecule has 0 radical (unpaired) electrons. The SMILES string of the molecule is Cc1ccc(C(=O)N[C@@H](C)c2ccc(-n3ccnc3)cc2)n1C. The smallest absolute Gasteiger partial charge is 0.268 e. The molecule has 0 unspecified atom stereocenters. The first kappa shape index (κ1) is 15.1. The third-order valence-electron chi connectivity index (χ3n) is 4.15. The predicted molar refractivity (Wildman–Crippen MR) is 89.6 cm³/mol. The van der Waals surface area contributed by atoms with Crippen molar-refractivity contribution in [1.29, 1.82) is 0 Å². The van der Waals surface area contributed by atoms with E-state index < -0.39 is 0 Å². The van der Waals surface area contributed by atoms with Crippen molar-refractivity contribution in [3.05, 3.63) is 72.1 Å². The van der Waals surface area contributed by atoms with E-state index in [-0.39, 0.29) is 11.9 Å². The van der Waals surface area contributed by atoms with Crippen molar-refractivity contribution in [2.45, 2.75) is 19.9 Å². The lowest BCUT2D eigenvalue weighted by atomic mass is 10.1. The lowest BCUT2D eigenvalue weighted by molar-refractivity contribution is 0.0931. The average Bonchev–Trinajstić information content (AvgIpc) is 3.19. The van der Waals surface area contributed by atoms with Crippen molar-refractivity contribution in [3.63, 3.8) is 0 Å². The van der Waals surface area contributed by atoms with Crippen LogP contribution in [0.15, 0.2) is 55.1 Å². The van der Waals surface area contributed by atoms with Crippen LogP contribution < -0.4 is 5.32 Å². The molecule has 0 bridgehead atoms. The van der Waals surface area contributed by atoms with Crippen LogP contribution >= 0.6 is 0 Å². The molecule has 2 heterocycles. The molecular formula is C18H20N4O. The largest absolute Gasteiger partial charge is 0.344 e. The van der Waals surface area contributed by atoms with Crippen LogP contribution in [-0.4, -0.2) is 20.0 Å². The van der Waals surface area contributed by atoms with E-state index in [0.29, 0.717) is 5.69 Å². The van der Waals surface area contributed by atoms with E-state index >= 15 is 0 Å². The molecule has 1 aromatic carbocycles. The van der Waals surface area contributed by atoms with Crippen molar-refractivity contribution in [1.82, 2.24) is 19.4 Å². The number of nitrogens with one attached hydrogen (secondary N) is 1. The molecule has 2 aromatic heterocycles. The third kappa shape index (κ3) is 3.04. The van der Waals surface area contributed by atoms with Crippen LogP contribution in [0.2, 0.25) is 0 Å². The van der Waals surface area contributed by atoms with Crippen LogP contribution in [0.4, 0.5) is 0 Å². The minimum Gasteiger partial charge on any atom is -0.344 e. The Hall–Kier alpha value is -2.82. The number of imidazole rings is 1. The summed E-state index contributed by atoms with van der Waals surface area (Å²) in [4.78, 5) is 16.4. The summed E-state index contributed by atoms with van der Waals surface area (Å²) < 4.78 is 3.84. The van der Waals surface area contributed by atoms with E-state index in [0.717, 1.165) is 16.9 Å². The fraction of sp³-hybridized carbons (Fsp3) is 0.222. The number of hydrogen-bond acceptors (Lipinski definition) is 2. The monoisotopic (exact) mass is 308 g/mol. The minimum absolute atomic E-state index is 0.0606. The highest BCUT2D eigenvalue weighted by molar-refractivity contribution is 5.93. The van der Waals surface area contributed by atoms with E-state index in [2.05, 4.69) is 10.3 Å². The van der Waals surface area contributed by atoms with Crippen molar-refractivity contribution < 1.29 is 4.79 Å². The molecule has 3 aromatic rings. The Kier molecular flexibility index (Phi) is 4.02. The first-order chi connectivity index (χ1) is 11.1. The summed E-state index contributed by atoms with van der Waals surface area (Å²) >= 11 is 0. The summed E-state index contributed by atoms with van der Waals surface area (Å²) in [5, 5.41) is 3.04. The lowest BCUT2D eigenvalue weighted by Gasteiger charge is -2.15. The van der Waals surface area contributed by atoms with Crippen molar-refractivity contribution >= 4 is 5.91 Å². The normalized spacial score (nSPS) is 12.1. The number of aromatic nitrogens is 3. The van der Waals surface area contributed by atoms with Gasteiger partial charge in [-0.05, 0) is 43.7 Å². The molecule has 1 N–H and O–H groups in total. The standard InChI is InChI=1S/C18H20N4O/c1-13-4-9-17(21(13)3)18(23)20-14(2)15-5-7-16(8-6-15)22-11-10-19-12-22/h4-12,14H,1-3H3,(H,20,23)/t14-/m0/s1. The van der Waals surface area contributed by atoms with Gasteiger partial charge in [-0.2, -0.15) is 0 Å². The van der Waals surface area contributed by atoms with Crippen LogP contribution in [0, 0.1) is 6.92 Å². The number of hydrogen-bond donors (Lipinski definition) is 1. The molecule has 23 heavy (non-hydrogen) atoms. The Morgan fingerprint density at radius 2 is 1.91 bits per heavy atom. The number of amides is 1. The Bertz CT molecular complexity index is 800. The van der Waals surface area contributed by atoms with Crippen molar-refractivity contribution in [2.75, 3.05) is 0 Å². The zero-order chi connectivity index (χ0) is 16.4. The maximum absolute atomic E-state index is 12.4. The van der Waals surface area contributed by atoms with Crippen LogP contribution in [-0.2, 0) is 7.05 Å². The summed E-state index contributed by atoms with van der Waals surface area (Å²) in [5.74, 6) is -0.0632. The zero-order valence-electron chi connectivity index (χ0n) is 13.5.